The van der Waals surface area contributed by atoms with Crippen molar-refractivity contribution in [1.82, 2.24) is 10.3 Å². The molecular weight excluding hydrogens is 300 g/mol. The summed E-state index contributed by atoms with van der Waals surface area (Å²) >= 11 is 5.82. The Bertz CT molecular complexity index is 492. The maximum absolute atomic E-state index is 12.2. The lowest BCUT2D eigenvalue weighted by Crippen LogP contribution is -2.42. The quantitative estimate of drug-likeness (QED) is 0.919. The van der Waals surface area contributed by atoms with Gasteiger partial charge in [0, 0.05) is 24.2 Å². The van der Waals surface area contributed by atoms with Crippen molar-refractivity contribution in [1.29, 1.82) is 0 Å². The Morgan fingerprint density at radius 2 is 1.86 bits per heavy atom. The molecule has 0 radical (unpaired) electrons. The van der Waals surface area contributed by atoms with Crippen LogP contribution in [0.1, 0.15) is 51.4 Å². The molecule has 0 aromatic carbocycles. The van der Waals surface area contributed by atoms with E-state index in [-0.39, 0.29) is 17.9 Å². The first-order valence-electron chi connectivity index (χ1n) is 8.29. The molecule has 0 saturated heterocycles. The van der Waals surface area contributed by atoms with Crippen LogP contribution in [-0.2, 0) is 4.79 Å². The van der Waals surface area contributed by atoms with Crippen LogP contribution in [0.3, 0.4) is 0 Å². The number of hydrogen-bond acceptors (Lipinski definition) is 3. The maximum Gasteiger partial charge on any atom is 0.223 e. The van der Waals surface area contributed by atoms with E-state index in [9.17, 15) is 4.79 Å². The van der Waals surface area contributed by atoms with Gasteiger partial charge in [-0.2, -0.15) is 0 Å². The Labute approximate surface area is 136 Å². The number of carbonyl (C=O) groups is 1. The number of aromatic nitrogens is 1. The highest BCUT2D eigenvalue weighted by molar-refractivity contribution is 6.30. The molecule has 1 amide bonds. The van der Waals surface area contributed by atoms with Crippen molar-refractivity contribution in [2.75, 3.05) is 0 Å². The minimum atomic E-state index is 0.188. The van der Waals surface area contributed by atoms with Gasteiger partial charge in [0.05, 0.1) is 5.02 Å². The molecule has 5 heteroatoms. The second-order valence-electron chi connectivity index (χ2n) is 6.40. The van der Waals surface area contributed by atoms with Crippen LogP contribution < -0.4 is 10.1 Å². The van der Waals surface area contributed by atoms with Gasteiger partial charge in [0.1, 0.15) is 6.10 Å². The number of ether oxygens (including phenoxy) is 1. The summed E-state index contributed by atoms with van der Waals surface area (Å²) in [4.78, 5) is 16.3. The number of hydrogen-bond donors (Lipinski definition) is 1. The minimum absolute atomic E-state index is 0.188. The molecular formula is C17H23ClN2O2. The molecule has 2 aliphatic rings. The van der Waals surface area contributed by atoms with Crippen LogP contribution in [0.4, 0.5) is 0 Å². The molecule has 1 heterocycles. The summed E-state index contributed by atoms with van der Waals surface area (Å²) in [6.07, 6.45) is 10.2. The molecule has 2 aliphatic carbocycles. The Morgan fingerprint density at radius 1 is 1.14 bits per heavy atom. The monoisotopic (exact) mass is 322 g/mol. The van der Waals surface area contributed by atoms with Gasteiger partial charge in [0.15, 0.2) is 0 Å². The van der Waals surface area contributed by atoms with Crippen molar-refractivity contribution < 1.29 is 9.53 Å². The molecule has 3 rings (SSSR count). The van der Waals surface area contributed by atoms with E-state index in [1.165, 1.54) is 12.8 Å². The third-order valence-corrected chi connectivity index (χ3v) is 4.96. The van der Waals surface area contributed by atoms with Gasteiger partial charge >= 0.3 is 0 Å². The van der Waals surface area contributed by atoms with Crippen molar-refractivity contribution in [3.8, 4) is 5.88 Å². The van der Waals surface area contributed by atoms with E-state index in [1.54, 1.807) is 18.3 Å². The molecule has 0 spiro atoms. The van der Waals surface area contributed by atoms with Crippen molar-refractivity contribution in [3.63, 3.8) is 0 Å². The van der Waals surface area contributed by atoms with Crippen LogP contribution in [0.25, 0.3) is 0 Å². The predicted octanol–water partition coefficient (Wildman–Crippen LogP) is 3.73. The molecule has 1 aromatic rings. The van der Waals surface area contributed by atoms with Gasteiger partial charge in [-0.1, -0.05) is 24.4 Å². The van der Waals surface area contributed by atoms with Crippen molar-refractivity contribution in [3.05, 3.63) is 23.4 Å². The molecule has 0 bridgehead atoms. The molecule has 1 aromatic heterocycles. The molecule has 0 aliphatic heterocycles. The fraction of sp³-hybridized carbons (Fsp3) is 0.647. The van der Waals surface area contributed by atoms with Crippen LogP contribution in [0.15, 0.2) is 18.3 Å². The summed E-state index contributed by atoms with van der Waals surface area (Å²) in [6.45, 7) is 0. The van der Waals surface area contributed by atoms with Gasteiger partial charge in [0.2, 0.25) is 11.8 Å². The first-order valence-corrected chi connectivity index (χ1v) is 8.67. The average Bonchev–Trinajstić information content (AvgIpc) is 3.06. The molecule has 22 heavy (non-hydrogen) atoms. The number of nitrogens with one attached hydrogen (secondary N) is 1. The number of halogens is 1. The number of rotatable bonds is 4. The molecule has 120 valence electrons. The minimum Gasteiger partial charge on any atom is -0.474 e. The normalized spacial score (nSPS) is 25.9. The molecule has 2 saturated carbocycles. The first kappa shape index (κ1) is 15.6. The summed E-state index contributed by atoms with van der Waals surface area (Å²) in [5.74, 6) is 1.15. The van der Waals surface area contributed by atoms with E-state index in [2.05, 4.69) is 10.3 Å². The fourth-order valence-corrected chi connectivity index (χ4v) is 3.55. The van der Waals surface area contributed by atoms with Gasteiger partial charge in [-0.15, -0.1) is 0 Å². The van der Waals surface area contributed by atoms with E-state index in [1.807, 2.05) is 0 Å². The van der Waals surface area contributed by atoms with Crippen LogP contribution >= 0.6 is 11.6 Å². The number of pyridine rings is 1. The average molecular weight is 323 g/mol. The summed E-state index contributed by atoms with van der Waals surface area (Å²) in [7, 11) is 0. The highest BCUT2D eigenvalue weighted by Gasteiger charge is 2.28. The zero-order valence-corrected chi connectivity index (χ0v) is 13.5. The van der Waals surface area contributed by atoms with Gasteiger partial charge in [0.25, 0.3) is 0 Å². The van der Waals surface area contributed by atoms with Crippen LogP contribution in [-0.4, -0.2) is 23.0 Å². The van der Waals surface area contributed by atoms with Gasteiger partial charge in [-0.05, 0) is 44.6 Å². The summed E-state index contributed by atoms with van der Waals surface area (Å²) in [5.41, 5.74) is 0. The highest BCUT2D eigenvalue weighted by Crippen LogP contribution is 2.27. The van der Waals surface area contributed by atoms with E-state index < -0.39 is 0 Å². The summed E-state index contributed by atoms with van der Waals surface area (Å²) in [6, 6.07) is 3.90. The summed E-state index contributed by atoms with van der Waals surface area (Å²) in [5, 5.41) is 3.84. The van der Waals surface area contributed by atoms with Gasteiger partial charge in [-0.25, -0.2) is 4.98 Å². The Hall–Kier alpha value is -1.29. The van der Waals surface area contributed by atoms with E-state index in [0.29, 0.717) is 16.9 Å². The molecule has 2 fully saturated rings. The first-order chi connectivity index (χ1) is 10.7. The molecule has 0 atom stereocenters. The van der Waals surface area contributed by atoms with Gasteiger partial charge < -0.3 is 10.1 Å². The van der Waals surface area contributed by atoms with Crippen LogP contribution in [0.5, 0.6) is 5.88 Å². The van der Waals surface area contributed by atoms with E-state index in [4.69, 9.17) is 16.3 Å². The van der Waals surface area contributed by atoms with E-state index in [0.717, 1.165) is 38.5 Å². The third kappa shape index (κ3) is 4.13. The Morgan fingerprint density at radius 3 is 2.50 bits per heavy atom. The zero-order chi connectivity index (χ0) is 15.4. The number of carbonyl (C=O) groups excluding carboxylic acids is 1. The number of amides is 1. The highest BCUT2D eigenvalue weighted by atomic mass is 35.5. The second-order valence-corrected chi connectivity index (χ2v) is 6.83. The Kier molecular flexibility index (Phi) is 5.19. The lowest BCUT2D eigenvalue weighted by molar-refractivity contribution is -0.125. The van der Waals surface area contributed by atoms with Crippen molar-refractivity contribution in [2.45, 2.75) is 63.5 Å². The zero-order valence-electron chi connectivity index (χ0n) is 12.8. The van der Waals surface area contributed by atoms with E-state index >= 15 is 0 Å². The molecule has 1 N–H and O–H groups in total. The lowest BCUT2D eigenvalue weighted by atomic mass is 9.92. The van der Waals surface area contributed by atoms with Crippen LogP contribution in [0, 0.1) is 5.92 Å². The second kappa shape index (κ2) is 7.32. The SMILES string of the molecule is O=C(NC1CCC(Oc2ccc(Cl)cn2)CC1)C1CCCC1. The lowest BCUT2D eigenvalue weighted by Gasteiger charge is -2.29. The predicted molar refractivity (Wildman–Crippen MR) is 86.0 cm³/mol. The smallest absolute Gasteiger partial charge is 0.223 e. The van der Waals surface area contributed by atoms with Crippen LogP contribution in [0.2, 0.25) is 5.02 Å². The molecule has 0 unspecified atom stereocenters. The largest absolute Gasteiger partial charge is 0.474 e. The molecule has 4 nitrogen and oxygen atoms in total. The third-order valence-electron chi connectivity index (χ3n) is 4.73. The standard InChI is InChI=1S/C17H23ClN2O2/c18-13-5-10-16(19-11-13)22-15-8-6-14(7-9-15)20-17(21)12-3-1-2-4-12/h5,10-12,14-15H,1-4,6-9H2,(H,20,21). The Balaban J connectivity index is 1.42. The van der Waals surface area contributed by atoms with Crippen molar-refractivity contribution >= 4 is 17.5 Å². The fourth-order valence-electron chi connectivity index (χ4n) is 3.43. The van der Waals surface area contributed by atoms with Gasteiger partial charge in [-0.3, -0.25) is 4.79 Å². The van der Waals surface area contributed by atoms with Crippen molar-refractivity contribution in [2.24, 2.45) is 5.92 Å². The summed E-state index contributed by atoms with van der Waals surface area (Å²) < 4.78 is 5.88. The maximum atomic E-state index is 12.2. The topological polar surface area (TPSA) is 51.2 Å². The number of nitrogens with zero attached hydrogens (tertiary/aromatic N) is 1.